The third kappa shape index (κ3) is 3.94. The summed E-state index contributed by atoms with van der Waals surface area (Å²) in [7, 11) is 0. The van der Waals surface area contributed by atoms with E-state index in [0.29, 0.717) is 31.7 Å². The predicted octanol–water partition coefficient (Wildman–Crippen LogP) is 3.60. The second kappa shape index (κ2) is 7.38. The zero-order valence-electron chi connectivity index (χ0n) is 14.8. The monoisotopic (exact) mass is 406 g/mol. The number of carbonyl (C=O) groups is 1. The van der Waals surface area contributed by atoms with Crippen molar-refractivity contribution in [2.24, 2.45) is 0 Å². The third-order valence-corrected chi connectivity index (χ3v) is 5.71. The molecule has 1 aliphatic heterocycles. The molecule has 1 aromatic carbocycles. The number of alkyl halides is 3. The van der Waals surface area contributed by atoms with E-state index >= 15 is 0 Å². The maximum absolute atomic E-state index is 12.8. The first-order valence-electron chi connectivity index (χ1n) is 8.80. The Morgan fingerprint density at radius 2 is 1.89 bits per heavy atom. The van der Waals surface area contributed by atoms with Crippen LogP contribution in [0.2, 0.25) is 0 Å². The molecule has 0 radical (unpaired) electrons. The first-order chi connectivity index (χ1) is 13.4. The Morgan fingerprint density at radius 1 is 1.11 bits per heavy atom. The van der Waals surface area contributed by atoms with Crippen molar-refractivity contribution >= 4 is 32.7 Å². The van der Waals surface area contributed by atoms with Gasteiger partial charge in [-0.3, -0.25) is 4.79 Å². The van der Waals surface area contributed by atoms with Crippen molar-refractivity contribution in [3.63, 3.8) is 0 Å². The second-order valence-electron chi connectivity index (χ2n) is 6.57. The number of carbonyl (C=O) groups excluding carboxylic acids is 1. The van der Waals surface area contributed by atoms with Crippen LogP contribution in [0.1, 0.15) is 11.1 Å². The summed E-state index contributed by atoms with van der Waals surface area (Å²) < 4.78 is 38.5. The fourth-order valence-electron chi connectivity index (χ4n) is 3.18. The molecule has 2 aromatic heterocycles. The van der Waals surface area contributed by atoms with Gasteiger partial charge in [0.2, 0.25) is 5.91 Å². The molecule has 9 heteroatoms. The van der Waals surface area contributed by atoms with Crippen molar-refractivity contribution in [1.82, 2.24) is 14.9 Å². The minimum Gasteiger partial charge on any atom is -0.344 e. The highest BCUT2D eigenvalue weighted by Crippen LogP contribution is 2.30. The van der Waals surface area contributed by atoms with Crippen molar-refractivity contribution in [2.75, 3.05) is 31.1 Å². The number of hydrogen-bond donors (Lipinski definition) is 0. The number of hydrogen-bond acceptors (Lipinski definition) is 5. The van der Waals surface area contributed by atoms with Crippen LogP contribution in [0.3, 0.4) is 0 Å². The van der Waals surface area contributed by atoms with Crippen molar-refractivity contribution in [3.8, 4) is 0 Å². The largest absolute Gasteiger partial charge is 0.416 e. The lowest BCUT2D eigenvalue weighted by Gasteiger charge is -2.34. The van der Waals surface area contributed by atoms with Crippen LogP contribution in [-0.2, 0) is 17.4 Å². The maximum Gasteiger partial charge on any atom is 0.416 e. The summed E-state index contributed by atoms with van der Waals surface area (Å²) in [5, 5.41) is 0.874. The van der Waals surface area contributed by atoms with Crippen molar-refractivity contribution in [3.05, 3.63) is 53.7 Å². The highest BCUT2D eigenvalue weighted by molar-refractivity contribution is 7.21. The number of amides is 1. The van der Waals surface area contributed by atoms with Crippen LogP contribution in [0.4, 0.5) is 18.3 Å². The SMILES string of the molecule is O=C(Cc1cccc(C(F)(F)F)c1)N1CCN(c2nc3cccnc3s2)CC1. The molecule has 1 aliphatic rings. The van der Waals surface area contributed by atoms with E-state index < -0.39 is 11.7 Å². The maximum atomic E-state index is 12.8. The van der Waals surface area contributed by atoms with Crippen LogP contribution in [0.25, 0.3) is 10.3 Å². The van der Waals surface area contributed by atoms with Crippen molar-refractivity contribution < 1.29 is 18.0 Å². The number of benzene rings is 1. The highest BCUT2D eigenvalue weighted by Gasteiger charge is 2.31. The van der Waals surface area contributed by atoms with E-state index in [4.69, 9.17) is 0 Å². The molecule has 146 valence electrons. The molecular formula is C19H17F3N4OS. The molecule has 28 heavy (non-hydrogen) atoms. The zero-order chi connectivity index (χ0) is 19.7. The van der Waals surface area contributed by atoms with Gasteiger partial charge in [-0.15, -0.1) is 0 Å². The molecule has 0 atom stereocenters. The van der Waals surface area contributed by atoms with Gasteiger partial charge in [-0.05, 0) is 23.8 Å². The van der Waals surface area contributed by atoms with Gasteiger partial charge in [-0.25, -0.2) is 9.97 Å². The molecular weight excluding hydrogens is 389 g/mol. The van der Waals surface area contributed by atoms with Gasteiger partial charge in [-0.2, -0.15) is 13.2 Å². The molecule has 0 spiro atoms. The number of piperazine rings is 1. The molecule has 0 unspecified atom stereocenters. The lowest BCUT2D eigenvalue weighted by molar-refractivity contribution is -0.138. The first kappa shape index (κ1) is 18.7. The Labute approximate surface area is 163 Å². The Hall–Kier alpha value is -2.68. The van der Waals surface area contributed by atoms with E-state index in [1.807, 2.05) is 12.1 Å². The van der Waals surface area contributed by atoms with Gasteiger partial charge in [0.25, 0.3) is 0 Å². The molecule has 1 fully saturated rings. The summed E-state index contributed by atoms with van der Waals surface area (Å²) >= 11 is 1.51. The molecule has 0 saturated carbocycles. The van der Waals surface area contributed by atoms with E-state index in [0.717, 1.165) is 27.6 Å². The number of anilines is 1. The standard InChI is InChI=1S/C19H17F3N4OS/c20-19(21,22)14-4-1-3-13(11-14)12-16(27)25-7-9-26(10-8-25)18-24-15-5-2-6-23-17(15)28-18/h1-6,11H,7-10,12H2. The van der Waals surface area contributed by atoms with Crippen molar-refractivity contribution in [2.45, 2.75) is 12.6 Å². The van der Waals surface area contributed by atoms with E-state index in [9.17, 15) is 18.0 Å². The summed E-state index contributed by atoms with van der Waals surface area (Å²) in [4.78, 5) is 26.1. The van der Waals surface area contributed by atoms with Crippen LogP contribution < -0.4 is 4.90 Å². The minimum absolute atomic E-state index is 0.0328. The predicted molar refractivity (Wildman–Crippen MR) is 101 cm³/mol. The fraction of sp³-hybridized carbons (Fsp3) is 0.316. The number of aromatic nitrogens is 2. The second-order valence-corrected chi connectivity index (χ2v) is 7.52. The van der Waals surface area contributed by atoms with Gasteiger partial charge in [0.15, 0.2) is 5.13 Å². The molecule has 3 aromatic rings. The topological polar surface area (TPSA) is 49.3 Å². The van der Waals surface area contributed by atoms with Gasteiger partial charge in [-0.1, -0.05) is 29.5 Å². The summed E-state index contributed by atoms with van der Waals surface area (Å²) in [6.07, 6.45) is -2.71. The van der Waals surface area contributed by atoms with Crippen LogP contribution in [0, 0.1) is 0 Å². The number of fused-ring (bicyclic) bond motifs is 1. The Bertz CT molecular complexity index is 963. The quantitative estimate of drug-likeness (QED) is 0.667. The Morgan fingerprint density at radius 3 is 2.61 bits per heavy atom. The zero-order valence-corrected chi connectivity index (χ0v) is 15.6. The normalized spacial score (nSPS) is 15.2. The fourth-order valence-corrected chi connectivity index (χ4v) is 4.15. The average Bonchev–Trinajstić information content (AvgIpc) is 3.12. The van der Waals surface area contributed by atoms with E-state index in [1.165, 1.54) is 17.4 Å². The molecule has 4 rings (SSSR count). The Kier molecular flexibility index (Phi) is 4.92. The average molecular weight is 406 g/mol. The molecule has 0 aliphatic carbocycles. The molecule has 3 heterocycles. The van der Waals surface area contributed by atoms with Gasteiger partial charge >= 0.3 is 6.18 Å². The lowest BCUT2D eigenvalue weighted by Crippen LogP contribution is -2.49. The smallest absolute Gasteiger partial charge is 0.344 e. The van der Waals surface area contributed by atoms with E-state index in [1.54, 1.807) is 17.2 Å². The van der Waals surface area contributed by atoms with Crippen LogP contribution in [0.15, 0.2) is 42.6 Å². The van der Waals surface area contributed by atoms with Crippen LogP contribution >= 0.6 is 11.3 Å². The summed E-state index contributed by atoms with van der Waals surface area (Å²) in [5.41, 5.74) is 0.497. The molecule has 5 nitrogen and oxygen atoms in total. The summed E-state index contributed by atoms with van der Waals surface area (Å²) in [6, 6.07) is 8.71. The number of pyridine rings is 1. The van der Waals surface area contributed by atoms with Gasteiger partial charge in [0.05, 0.1) is 12.0 Å². The molecule has 1 saturated heterocycles. The van der Waals surface area contributed by atoms with Crippen molar-refractivity contribution in [1.29, 1.82) is 0 Å². The number of halogens is 3. The third-order valence-electron chi connectivity index (χ3n) is 4.67. The Balaban J connectivity index is 1.37. The first-order valence-corrected chi connectivity index (χ1v) is 9.62. The van der Waals surface area contributed by atoms with Crippen LogP contribution in [-0.4, -0.2) is 47.0 Å². The highest BCUT2D eigenvalue weighted by atomic mass is 32.1. The molecule has 0 N–H and O–H groups in total. The van der Waals surface area contributed by atoms with Gasteiger partial charge < -0.3 is 9.80 Å². The molecule has 1 amide bonds. The van der Waals surface area contributed by atoms with Gasteiger partial charge in [0, 0.05) is 32.4 Å². The van der Waals surface area contributed by atoms with E-state index in [2.05, 4.69) is 14.9 Å². The number of thiazole rings is 1. The number of rotatable bonds is 3. The van der Waals surface area contributed by atoms with E-state index in [-0.39, 0.29) is 12.3 Å². The summed E-state index contributed by atoms with van der Waals surface area (Å²) in [6.45, 7) is 2.30. The molecule has 0 bridgehead atoms. The van der Waals surface area contributed by atoms with Gasteiger partial charge in [0.1, 0.15) is 10.3 Å². The van der Waals surface area contributed by atoms with Crippen LogP contribution in [0.5, 0.6) is 0 Å². The minimum atomic E-state index is -4.41. The lowest BCUT2D eigenvalue weighted by atomic mass is 10.1. The summed E-state index contributed by atoms with van der Waals surface area (Å²) in [5.74, 6) is -0.162. The number of nitrogens with zero attached hydrogens (tertiary/aromatic N) is 4.